The van der Waals surface area contributed by atoms with Gasteiger partial charge in [-0.3, -0.25) is 4.79 Å². The number of hydrogen-bond acceptors (Lipinski definition) is 4. The molecule has 22 heavy (non-hydrogen) atoms. The molecular weight excluding hydrogens is 278 g/mol. The maximum Gasteiger partial charge on any atom is 0.158 e. The van der Waals surface area contributed by atoms with E-state index in [0.29, 0.717) is 6.42 Å². The van der Waals surface area contributed by atoms with Crippen molar-refractivity contribution in [3.05, 3.63) is 41.5 Å². The Morgan fingerprint density at radius 3 is 2.68 bits per heavy atom. The molecule has 0 radical (unpaired) electrons. The number of ketones is 1. The molecule has 1 aromatic rings. The molecule has 0 aromatic heterocycles. The van der Waals surface area contributed by atoms with Gasteiger partial charge in [-0.25, -0.2) is 0 Å². The lowest BCUT2D eigenvalue weighted by atomic mass is 9.75. The average molecular weight is 299 g/mol. The average Bonchev–Trinajstić information content (AvgIpc) is 2.94. The number of methoxy groups -OCH3 is 1. The lowest BCUT2D eigenvalue weighted by Gasteiger charge is -2.32. The molecule has 1 aromatic carbocycles. The van der Waals surface area contributed by atoms with Gasteiger partial charge in [0.25, 0.3) is 0 Å². The Bertz CT molecular complexity index is 645. The molecule has 2 atom stereocenters. The molecule has 1 aliphatic heterocycles. The van der Waals surface area contributed by atoms with E-state index in [-0.39, 0.29) is 11.7 Å². The Balaban J connectivity index is 1.73. The van der Waals surface area contributed by atoms with E-state index < -0.39 is 5.60 Å². The molecule has 1 aliphatic carbocycles. The normalized spacial score (nSPS) is 28.0. The van der Waals surface area contributed by atoms with Gasteiger partial charge in [0.15, 0.2) is 5.78 Å². The Labute approximate surface area is 130 Å². The van der Waals surface area contributed by atoms with Gasteiger partial charge in [-0.1, -0.05) is 11.2 Å². The van der Waals surface area contributed by atoms with Crippen LogP contribution >= 0.6 is 0 Å². The first-order valence-electron chi connectivity index (χ1n) is 7.61. The van der Waals surface area contributed by atoms with E-state index in [1.54, 1.807) is 7.11 Å². The minimum atomic E-state index is -0.401. The van der Waals surface area contributed by atoms with E-state index in [1.807, 2.05) is 37.3 Å². The number of benzene rings is 1. The van der Waals surface area contributed by atoms with Crippen LogP contribution in [-0.2, 0) is 9.63 Å². The quantitative estimate of drug-likeness (QED) is 0.858. The molecule has 0 saturated carbocycles. The number of carbonyl (C=O) groups is 1. The van der Waals surface area contributed by atoms with Crippen LogP contribution < -0.4 is 4.74 Å². The number of hydrogen-bond donors (Lipinski definition) is 0. The van der Waals surface area contributed by atoms with Crippen molar-refractivity contribution in [2.45, 2.75) is 38.7 Å². The van der Waals surface area contributed by atoms with E-state index in [4.69, 9.17) is 9.57 Å². The highest BCUT2D eigenvalue weighted by molar-refractivity contribution is 6.02. The summed E-state index contributed by atoms with van der Waals surface area (Å²) in [6, 6.07) is 7.82. The molecule has 4 nitrogen and oxygen atoms in total. The van der Waals surface area contributed by atoms with Crippen LogP contribution in [-0.4, -0.2) is 24.2 Å². The zero-order valence-electron chi connectivity index (χ0n) is 13.3. The number of rotatable bonds is 3. The molecule has 3 rings (SSSR count). The molecule has 2 aliphatic rings. The van der Waals surface area contributed by atoms with Crippen molar-refractivity contribution < 1.29 is 14.4 Å². The van der Waals surface area contributed by atoms with Crippen molar-refractivity contribution in [3.8, 4) is 5.75 Å². The van der Waals surface area contributed by atoms with E-state index >= 15 is 0 Å². The van der Waals surface area contributed by atoms with Gasteiger partial charge in [-0.15, -0.1) is 0 Å². The van der Waals surface area contributed by atoms with E-state index in [1.165, 1.54) is 0 Å². The molecule has 0 bridgehead atoms. The molecule has 4 heteroatoms. The highest BCUT2D eigenvalue weighted by atomic mass is 16.7. The zero-order chi connectivity index (χ0) is 15.7. The lowest BCUT2D eigenvalue weighted by Crippen LogP contribution is -2.37. The summed E-state index contributed by atoms with van der Waals surface area (Å²) in [4.78, 5) is 17.7. The highest BCUT2D eigenvalue weighted by Crippen LogP contribution is 2.39. The third-order valence-corrected chi connectivity index (χ3v) is 4.75. The molecule has 0 amide bonds. The monoisotopic (exact) mass is 299 g/mol. The standard InChI is InChI=1S/C18H21NO3/c1-12-4-7-14(10-17(12)20)18(2)11-16(19-22-18)13-5-8-15(21-3)9-6-13/h4-6,8-9,14H,7,10-11H2,1-3H3/t14-,18+/m1/s1. The van der Waals surface area contributed by atoms with Crippen molar-refractivity contribution in [3.63, 3.8) is 0 Å². The van der Waals surface area contributed by atoms with Crippen molar-refractivity contribution in [1.82, 2.24) is 0 Å². The number of oxime groups is 1. The summed E-state index contributed by atoms with van der Waals surface area (Å²) in [5.74, 6) is 1.23. The van der Waals surface area contributed by atoms with Gasteiger partial charge in [0.1, 0.15) is 11.4 Å². The maximum atomic E-state index is 12.0. The highest BCUT2D eigenvalue weighted by Gasteiger charge is 2.43. The molecule has 0 spiro atoms. The van der Waals surface area contributed by atoms with E-state index in [0.717, 1.165) is 35.4 Å². The van der Waals surface area contributed by atoms with Crippen LogP contribution in [0.15, 0.2) is 41.1 Å². The second kappa shape index (κ2) is 5.59. The summed E-state index contributed by atoms with van der Waals surface area (Å²) < 4.78 is 5.17. The first-order chi connectivity index (χ1) is 10.5. The molecule has 0 N–H and O–H groups in total. The Morgan fingerprint density at radius 2 is 2.05 bits per heavy atom. The molecule has 1 heterocycles. The molecule has 0 saturated heterocycles. The Hall–Kier alpha value is -2.10. The zero-order valence-corrected chi connectivity index (χ0v) is 13.3. The van der Waals surface area contributed by atoms with Gasteiger partial charge < -0.3 is 9.57 Å². The molecule has 0 fully saturated rings. The number of ether oxygens (including phenoxy) is 1. The SMILES string of the molecule is COc1ccc(C2=NO[C@](C)([C@@H]3CC=C(C)C(=O)C3)C2)cc1. The lowest BCUT2D eigenvalue weighted by molar-refractivity contribution is -0.121. The van der Waals surface area contributed by atoms with Crippen LogP contribution in [0, 0.1) is 5.92 Å². The number of Topliss-reactive ketones (excluding diaryl/α,β-unsaturated/α-hetero) is 1. The summed E-state index contributed by atoms with van der Waals surface area (Å²) in [5.41, 5.74) is 2.44. The third kappa shape index (κ3) is 2.65. The van der Waals surface area contributed by atoms with Crippen LogP contribution in [0.3, 0.4) is 0 Å². The van der Waals surface area contributed by atoms with Crippen LogP contribution in [0.4, 0.5) is 0 Å². The predicted octanol–water partition coefficient (Wildman–Crippen LogP) is 3.50. The van der Waals surface area contributed by atoms with Crippen LogP contribution in [0.1, 0.15) is 38.7 Å². The second-order valence-corrected chi connectivity index (χ2v) is 6.29. The Kier molecular flexibility index (Phi) is 3.77. The predicted molar refractivity (Wildman–Crippen MR) is 85.1 cm³/mol. The van der Waals surface area contributed by atoms with Gasteiger partial charge in [-0.2, -0.15) is 0 Å². The van der Waals surface area contributed by atoms with Crippen LogP contribution in [0.25, 0.3) is 0 Å². The first kappa shape index (κ1) is 14.8. The molecular formula is C18H21NO3. The summed E-state index contributed by atoms with van der Waals surface area (Å²) >= 11 is 0. The van der Waals surface area contributed by atoms with Crippen LogP contribution in [0.2, 0.25) is 0 Å². The second-order valence-electron chi connectivity index (χ2n) is 6.29. The number of carbonyl (C=O) groups excluding carboxylic acids is 1. The van der Waals surface area contributed by atoms with Gasteiger partial charge >= 0.3 is 0 Å². The van der Waals surface area contributed by atoms with Gasteiger partial charge in [0.05, 0.1) is 12.8 Å². The van der Waals surface area contributed by atoms with Crippen molar-refractivity contribution in [2.75, 3.05) is 7.11 Å². The van der Waals surface area contributed by atoms with Gasteiger partial charge in [-0.05, 0) is 55.7 Å². The fourth-order valence-corrected chi connectivity index (χ4v) is 3.08. The number of allylic oxidation sites excluding steroid dienone is 2. The van der Waals surface area contributed by atoms with Gasteiger partial charge in [0, 0.05) is 18.8 Å². The maximum absolute atomic E-state index is 12.0. The smallest absolute Gasteiger partial charge is 0.158 e. The van der Waals surface area contributed by atoms with Crippen molar-refractivity contribution in [1.29, 1.82) is 0 Å². The fraction of sp³-hybridized carbons (Fsp3) is 0.444. The number of nitrogens with zero attached hydrogens (tertiary/aromatic N) is 1. The molecule has 0 unspecified atom stereocenters. The first-order valence-corrected chi connectivity index (χ1v) is 7.61. The Morgan fingerprint density at radius 1 is 1.32 bits per heavy atom. The summed E-state index contributed by atoms with van der Waals surface area (Å²) in [6.07, 6.45) is 4.17. The summed E-state index contributed by atoms with van der Waals surface area (Å²) in [6.45, 7) is 3.94. The van der Waals surface area contributed by atoms with Crippen LogP contribution in [0.5, 0.6) is 5.75 Å². The minimum absolute atomic E-state index is 0.184. The van der Waals surface area contributed by atoms with Crippen molar-refractivity contribution in [2.24, 2.45) is 11.1 Å². The summed E-state index contributed by atoms with van der Waals surface area (Å²) in [5, 5.41) is 4.28. The minimum Gasteiger partial charge on any atom is -0.497 e. The molecule has 116 valence electrons. The van der Waals surface area contributed by atoms with Gasteiger partial charge in [0.2, 0.25) is 0 Å². The topological polar surface area (TPSA) is 47.9 Å². The fourth-order valence-electron chi connectivity index (χ4n) is 3.08. The van der Waals surface area contributed by atoms with Crippen molar-refractivity contribution >= 4 is 11.5 Å². The van der Waals surface area contributed by atoms with E-state index in [9.17, 15) is 4.79 Å². The largest absolute Gasteiger partial charge is 0.497 e. The van der Waals surface area contributed by atoms with E-state index in [2.05, 4.69) is 12.1 Å². The summed E-state index contributed by atoms with van der Waals surface area (Å²) in [7, 11) is 1.65. The third-order valence-electron chi connectivity index (χ3n) is 4.75.